The summed E-state index contributed by atoms with van der Waals surface area (Å²) in [4.78, 5) is 20.7. The second kappa shape index (κ2) is 6.45. The van der Waals surface area contributed by atoms with Crippen LogP contribution in [0.4, 0.5) is 5.95 Å². The average Bonchev–Trinajstić information content (AvgIpc) is 3.09. The molecular weight excluding hydrogens is 328 g/mol. The lowest BCUT2D eigenvalue weighted by Crippen LogP contribution is -2.14. The Balaban J connectivity index is 1.64. The van der Waals surface area contributed by atoms with Gasteiger partial charge < -0.3 is 0 Å². The fourth-order valence-electron chi connectivity index (χ4n) is 2.60. The fraction of sp³-hybridized carbons (Fsp3) is 0. The van der Waals surface area contributed by atoms with Gasteiger partial charge in [-0.2, -0.15) is 10.2 Å². The van der Waals surface area contributed by atoms with Gasteiger partial charge in [-0.25, -0.2) is 4.52 Å². The molecule has 0 saturated heterocycles. The van der Waals surface area contributed by atoms with E-state index in [1.54, 1.807) is 41.2 Å². The molecule has 0 aliphatic carbocycles. The second-order valence-electron chi connectivity index (χ2n) is 5.50. The number of nitrogens with one attached hydrogen (secondary N) is 1. The highest BCUT2D eigenvalue weighted by molar-refractivity contribution is 6.05. The number of fused-ring (bicyclic) bond motifs is 1. The number of carbonyl (C=O) groups is 1. The zero-order chi connectivity index (χ0) is 17.9. The van der Waals surface area contributed by atoms with E-state index in [9.17, 15) is 4.79 Å². The van der Waals surface area contributed by atoms with Crippen molar-refractivity contribution in [2.45, 2.75) is 0 Å². The van der Waals surface area contributed by atoms with Crippen molar-refractivity contribution in [1.82, 2.24) is 19.6 Å². The molecule has 0 aliphatic rings. The van der Waals surface area contributed by atoms with Crippen LogP contribution in [-0.4, -0.2) is 25.5 Å². The van der Waals surface area contributed by atoms with Crippen molar-refractivity contribution in [3.05, 3.63) is 78.2 Å². The summed E-state index contributed by atoms with van der Waals surface area (Å²) in [5.41, 5.74) is 3.15. The molecule has 0 fully saturated rings. The van der Waals surface area contributed by atoms with E-state index in [0.717, 1.165) is 11.1 Å². The first kappa shape index (κ1) is 15.5. The number of amides is 1. The molecule has 0 atom stereocenters. The lowest BCUT2D eigenvalue weighted by atomic mass is 10.1. The van der Waals surface area contributed by atoms with Gasteiger partial charge in [0, 0.05) is 24.2 Å². The third-order valence-corrected chi connectivity index (χ3v) is 3.86. The van der Waals surface area contributed by atoms with Crippen molar-refractivity contribution in [3.8, 4) is 17.2 Å². The van der Waals surface area contributed by atoms with Gasteiger partial charge >= 0.3 is 0 Å². The first-order chi connectivity index (χ1) is 12.7. The van der Waals surface area contributed by atoms with E-state index in [0.29, 0.717) is 11.2 Å². The molecule has 0 radical (unpaired) electrons. The predicted octanol–water partition coefficient (Wildman–Crippen LogP) is 2.92. The molecule has 124 valence electrons. The minimum absolute atomic E-state index is 0.176. The maximum Gasteiger partial charge on any atom is 0.259 e. The van der Waals surface area contributed by atoms with Gasteiger partial charge in [-0.15, -0.1) is 5.10 Å². The second-order valence-corrected chi connectivity index (χ2v) is 5.50. The Labute approximate surface area is 148 Å². The number of pyridine rings is 2. The van der Waals surface area contributed by atoms with Gasteiger partial charge in [-0.05, 0) is 42.0 Å². The van der Waals surface area contributed by atoms with E-state index in [-0.39, 0.29) is 11.5 Å². The number of nitriles is 1. The minimum atomic E-state index is -0.424. The first-order valence-electron chi connectivity index (χ1n) is 7.82. The zero-order valence-electron chi connectivity index (χ0n) is 13.5. The van der Waals surface area contributed by atoms with Crippen LogP contribution in [0.25, 0.3) is 16.8 Å². The number of anilines is 1. The summed E-state index contributed by atoms with van der Waals surface area (Å²) in [6.07, 6.45) is 5.27. The van der Waals surface area contributed by atoms with E-state index >= 15 is 0 Å². The van der Waals surface area contributed by atoms with E-state index in [2.05, 4.69) is 20.4 Å². The lowest BCUT2D eigenvalue weighted by molar-refractivity contribution is 0.102. The number of carbonyl (C=O) groups excluding carboxylic acids is 1. The van der Waals surface area contributed by atoms with Gasteiger partial charge in [-0.3, -0.25) is 15.1 Å². The van der Waals surface area contributed by atoms with E-state index in [1.165, 1.54) is 0 Å². The van der Waals surface area contributed by atoms with Crippen LogP contribution in [0, 0.1) is 11.3 Å². The van der Waals surface area contributed by atoms with Crippen LogP contribution in [0.3, 0.4) is 0 Å². The van der Waals surface area contributed by atoms with Crippen molar-refractivity contribution < 1.29 is 4.79 Å². The predicted molar refractivity (Wildman–Crippen MR) is 95.3 cm³/mol. The molecule has 0 spiro atoms. The summed E-state index contributed by atoms with van der Waals surface area (Å²) < 4.78 is 1.60. The molecule has 26 heavy (non-hydrogen) atoms. The summed E-state index contributed by atoms with van der Waals surface area (Å²) in [6.45, 7) is 0. The molecule has 1 amide bonds. The van der Waals surface area contributed by atoms with Crippen molar-refractivity contribution in [2.24, 2.45) is 0 Å². The maximum absolute atomic E-state index is 12.4. The summed E-state index contributed by atoms with van der Waals surface area (Å²) in [5.74, 6) is -0.248. The molecule has 1 aromatic carbocycles. The smallest absolute Gasteiger partial charge is 0.259 e. The van der Waals surface area contributed by atoms with Crippen molar-refractivity contribution in [2.75, 3.05) is 5.32 Å². The first-order valence-corrected chi connectivity index (χ1v) is 7.82. The Morgan fingerprint density at radius 2 is 1.85 bits per heavy atom. The Morgan fingerprint density at radius 3 is 2.65 bits per heavy atom. The standard InChI is InChI=1S/C19H12N6O/c20-11-14-3-1-2-4-16(14)18(26)23-19-22-17-6-5-15(12-25(17)24-19)13-7-9-21-10-8-13/h1-10,12H,(H,23,24,26). The average molecular weight is 340 g/mol. The fourth-order valence-corrected chi connectivity index (χ4v) is 2.60. The maximum atomic E-state index is 12.4. The van der Waals surface area contributed by atoms with Crippen LogP contribution in [0.1, 0.15) is 15.9 Å². The highest BCUT2D eigenvalue weighted by atomic mass is 16.1. The largest absolute Gasteiger partial charge is 0.289 e. The van der Waals surface area contributed by atoms with E-state index in [4.69, 9.17) is 5.26 Å². The van der Waals surface area contributed by atoms with Gasteiger partial charge in [0.05, 0.1) is 17.2 Å². The molecule has 0 aliphatic heterocycles. The molecule has 3 aromatic heterocycles. The monoisotopic (exact) mass is 340 g/mol. The summed E-state index contributed by atoms with van der Waals surface area (Å²) in [5, 5.41) is 16.1. The Bertz CT molecular complexity index is 1140. The number of aromatic nitrogens is 4. The lowest BCUT2D eigenvalue weighted by Gasteiger charge is -2.02. The highest BCUT2D eigenvalue weighted by Gasteiger charge is 2.13. The van der Waals surface area contributed by atoms with Gasteiger partial charge in [0.1, 0.15) is 0 Å². The van der Waals surface area contributed by atoms with Crippen LogP contribution in [0.5, 0.6) is 0 Å². The number of hydrogen-bond acceptors (Lipinski definition) is 5. The van der Waals surface area contributed by atoms with Gasteiger partial charge in [0.15, 0.2) is 5.65 Å². The molecular formula is C19H12N6O. The van der Waals surface area contributed by atoms with Gasteiger partial charge in [-0.1, -0.05) is 12.1 Å². The van der Waals surface area contributed by atoms with E-state index in [1.807, 2.05) is 36.5 Å². The number of hydrogen-bond donors (Lipinski definition) is 1. The van der Waals surface area contributed by atoms with Gasteiger partial charge in [0.25, 0.3) is 5.91 Å². The molecule has 0 saturated carbocycles. The third kappa shape index (κ3) is 2.87. The van der Waals surface area contributed by atoms with Crippen LogP contribution in [0.15, 0.2) is 67.1 Å². The van der Waals surface area contributed by atoms with Crippen LogP contribution < -0.4 is 5.32 Å². The molecule has 7 nitrogen and oxygen atoms in total. The Kier molecular flexibility index (Phi) is 3.84. The van der Waals surface area contributed by atoms with Crippen LogP contribution in [-0.2, 0) is 0 Å². The summed E-state index contributed by atoms with van der Waals surface area (Å²) in [7, 11) is 0. The van der Waals surface area contributed by atoms with Crippen molar-refractivity contribution >= 4 is 17.5 Å². The number of rotatable bonds is 3. The molecule has 1 N–H and O–H groups in total. The minimum Gasteiger partial charge on any atom is -0.289 e. The molecule has 7 heteroatoms. The molecule has 4 aromatic rings. The SMILES string of the molecule is N#Cc1ccccc1C(=O)Nc1nc2ccc(-c3ccncc3)cn2n1. The van der Waals surface area contributed by atoms with Crippen molar-refractivity contribution in [3.63, 3.8) is 0 Å². The summed E-state index contributed by atoms with van der Waals surface area (Å²) in [6, 6.07) is 16.1. The third-order valence-electron chi connectivity index (χ3n) is 3.86. The van der Waals surface area contributed by atoms with Crippen LogP contribution >= 0.6 is 0 Å². The molecule has 0 unspecified atom stereocenters. The number of nitrogens with zero attached hydrogens (tertiary/aromatic N) is 5. The quantitative estimate of drug-likeness (QED) is 0.618. The Hall–Kier alpha value is -4.05. The molecule has 4 rings (SSSR count). The summed E-state index contributed by atoms with van der Waals surface area (Å²) >= 11 is 0. The molecule has 0 bridgehead atoms. The van der Waals surface area contributed by atoms with Crippen LogP contribution in [0.2, 0.25) is 0 Å². The molecule has 3 heterocycles. The van der Waals surface area contributed by atoms with E-state index < -0.39 is 5.91 Å². The van der Waals surface area contributed by atoms with Crippen molar-refractivity contribution in [1.29, 1.82) is 5.26 Å². The normalized spacial score (nSPS) is 10.4. The zero-order valence-corrected chi connectivity index (χ0v) is 13.5. The Morgan fingerprint density at radius 1 is 1.04 bits per heavy atom. The highest BCUT2D eigenvalue weighted by Crippen LogP contribution is 2.19. The van der Waals surface area contributed by atoms with Gasteiger partial charge in [0.2, 0.25) is 5.95 Å². The number of benzene rings is 1. The topological polar surface area (TPSA) is 96.0 Å².